The summed E-state index contributed by atoms with van der Waals surface area (Å²) in [5.74, 6) is -0.275. The largest absolute Gasteiger partial charge is 0.369 e. The molecule has 1 aliphatic heterocycles. The van der Waals surface area contributed by atoms with Crippen molar-refractivity contribution in [3.05, 3.63) is 6.42 Å². The summed E-state index contributed by atoms with van der Waals surface area (Å²) in [4.78, 5) is 25.4. The Morgan fingerprint density at radius 2 is 1.86 bits per heavy atom. The van der Waals surface area contributed by atoms with E-state index in [9.17, 15) is 9.59 Å². The van der Waals surface area contributed by atoms with Gasteiger partial charge in [-0.1, -0.05) is 0 Å². The molecule has 1 saturated heterocycles. The lowest BCUT2D eigenvalue weighted by Crippen LogP contribution is -2.48. The number of rotatable bonds is 3. The molecule has 79 valence electrons. The second-order valence-corrected chi connectivity index (χ2v) is 3.41. The van der Waals surface area contributed by atoms with E-state index in [1.807, 2.05) is 0 Å². The summed E-state index contributed by atoms with van der Waals surface area (Å²) in [5, 5.41) is 0. The average Bonchev–Trinajstić information content (AvgIpc) is 2.15. The molecule has 5 heteroatoms. The molecule has 1 heterocycles. The first kappa shape index (κ1) is 11.0. The van der Waals surface area contributed by atoms with Crippen molar-refractivity contribution in [2.75, 3.05) is 32.7 Å². The predicted octanol–water partition coefficient (Wildman–Crippen LogP) is -1.16. The lowest BCUT2D eigenvalue weighted by Gasteiger charge is -2.33. The van der Waals surface area contributed by atoms with Crippen molar-refractivity contribution in [2.45, 2.75) is 6.92 Å². The molecule has 2 amide bonds. The molecule has 0 unspecified atom stereocenters. The Labute approximate surface area is 83.8 Å². The molecule has 5 nitrogen and oxygen atoms in total. The van der Waals surface area contributed by atoms with Crippen LogP contribution in [0.25, 0.3) is 0 Å². The Kier molecular flexibility index (Phi) is 3.88. The molecule has 1 fully saturated rings. The number of nitrogens with two attached hydrogens (primary N) is 1. The second kappa shape index (κ2) is 4.95. The summed E-state index contributed by atoms with van der Waals surface area (Å²) in [6, 6.07) is 0. The highest BCUT2D eigenvalue weighted by Gasteiger charge is 2.18. The first-order valence-corrected chi connectivity index (χ1v) is 4.70. The summed E-state index contributed by atoms with van der Waals surface area (Å²) in [6.45, 7) is 5.25. The van der Waals surface area contributed by atoms with E-state index in [4.69, 9.17) is 5.73 Å². The van der Waals surface area contributed by atoms with Gasteiger partial charge in [0.1, 0.15) is 0 Å². The van der Waals surface area contributed by atoms with Gasteiger partial charge in [0, 0.05) is 39.6 Å². The van der Waals surface area contributed by atoms with Crippen LogP contribution in [-0.4, -0.2) is 54.3 Å². The van der Waals surface area contributed by atoms with Crippen molar-refractivity contribution < 1.29 is 9.59 Å². The summed E-state index contributed by atoms with van der Waals surface area (Å²) < 4.78 is 0. The quantitative estimate of drug-likeness (QED) is 0.622. The fourth-order valence-corrected chi connectivity index (χ4v) is 1.46. The highest BCUT2D eigenvalue weighted by molar-refractivity contribution is 5.83. The Balaban J connectivity index is 2.22. The summed E-state index contributed by atoms with van der Waals surface area (Å²) >= 11 is 0. The number of carbonyl (C=O) groups excluding carboxylic acids is 2. The monoisotopic (exact) mass is 198 g/mol. The number of hydrogen-bond acceptors (Lipinski definition) is 3. The van der Waals surface area contributed by atoms with Gasteiger partial charge in [-0.25, -0.2) is 0 Å². The molecular formula is C9H16N3O2. The van der Waals surface area contributed by atoms with Crippen LogP contribution in [0.5, 0.6) is 0 Å². The van der Waals surface area contributed by atoms with Gasteiger partial charge in [-0.15, -0.1) is 0 Å². The normalized spacial score (nSPS) is 18.2. The molecule has 1 radical (unpaired) electrons. The zero-order chi connectivity index (χ0) is 10.6. The minimum absolute atomic E-state index is 0.114. The van der Waals surface area contributed by atoms with Gasteiger partial charge in [0.25, 0.3) is 0 Å². The van der Waals surface area contributed by atoms with E-state index < -0.39 is 0 Å². The van der Waals surface area contributed by atoms with Crippen LogP contribution in [0.1, 0.15) is 6.92 Å². The minimum Gasteiger partial charge on any atom is -0.369 e. The maximum absolute atomic E-state index is 11.0. The molecule has 0 bridgehead atoms. The van der Waals surface area contributed by atoms with Crippen molar-refractivity contribution in [1.82, 2.24) is 9.80 Å². The van der Waals surface area contributed by atoms with E-state index in [1.165, 1.54) is 6.42 Å². The van der Waals surface area contributed by atoms with Gasteiger partial charge in [-0.3, -0.25) is 14.5 Å². The van der Waals surface area contributed by atoms with Crippen molar-refractivity contribution in [2.24, 2.45) is 5.73 Å². The topological polar surface area (TPSA) is 66.6 Å². The van der Waals surface area contributed by atoms with Crippen molar-refractivity contribution in [3.8, 4) is 0 Å². The lowest BCUT2D eigenvalue weighted by molar-refractivity contribution is -0.130. The fraction of sp³-hybridized carbons (Fsp3) is 0.667. The summed E-state index contributed by atoms with van der Waals surface area (Å²) in [7, 11) is 0. The van der Waals surface area contributed by atoms with E-state index in [0.29, 0.717) is 6.54 Å². The molecule has 0 spiro atoms. The van der Waals surface area contributed by atoms with Crippen molar-refractivity contribution >= 4 is 11.8 Å². The number of hydrogen-bond donors (Lipinski definition) is 1. The van der Waals surface area contributed by atoms with E-state index >= 15 is 0 Å². The molecule has 14 heavy (non-hydrogen) atoms. The highest BCUT2D eigenvalue weighted by Crippen LogP contribution is 2.01. The third-order valence-corrected chi connectivity index (χ3v) is 2.37. The lowest BCUT2D eigenvalue weighted by atomic mass is 10.3. The van der Waals surface area contributed by atoms with Crippen LogP contribution in [-0.2, 0) is 9.59 Å². The van der Waals surface area contributed by atoms with Gasteiger partial charge in [0.05, 0.1) is 6.42 Å². The van der Waals surface area contributed by atoms with Gasteiger partial charge in [0.2, 0.25) is 11.8 Å². The molecule has 0 aromatic heterocycles. The molecule has 1 rings (SSSR count). The second-order valence-electron chi connectivity index (χ2n) is 3.41. The Hall–Kier alpha value is -1.10. The third-order valence-electron chi connectivity index (χ3n) is 2.37. The van der Waals surface area contributed by atoms with Crippen LogP contribution in [0.15, 0.2) is 0 Å². The van der Waals surface area contributed by atoms with Crippen LogP contribution in [0.3, 0.4) is 0 Å². The van der Waals surface area contributed by atoms with Gasteiger partial charge in [0.15, 0.2) is 0 Å². The molecular weight excluding hydrogens is 182 g/mol. The Bertz CT molecular complexity index is 222. The zero-order valence-corrected chi connectivity index (χ0v) is 8.40. The number of primary amides is 1. The van der Waals surface area contributed by atoms with E-state index in [0.717, 1.165) is 26.2 Å². The zero-order valence-electron chi connectivity index (χ0n) is 8.40. The van der Waals surface area contributed by atoms with Gasteiger partial charge in [-0.2, -0.15) is 0 Å². The number of nitrogens with zero attached hydrogens (tertiary/aromatic N) is 2. The SMILES string of the molecule is CC(=O)N1CCN(C[CH]C(N)=O)CC1. The van der Waals surface area contributed by atoms with E-state index in [-0.39, 0.29) is 11.8 Å². The molecule has 0 aromatic carbocycles. The highest BCUT2D eigenvalue weighted by atomic mass is 16.2. The summed E-state index contributed by atoms with van der Waals surface area (Å²) in [5.41, 5.74) is 5.00. The molecule has 0 atom stereocenters. The van der Waals surface area contributed by atoms with Crippen LogP contribution < -0.4 is 5.73 Å². The first-order chi connectivity index (χ1) is 6.59. The third kappa shape index (κ3) is 3.33. The van der Waals surface area contributed by atoms with Crippen molar-refractivity contribution in [1.29, 1.82) is 0 Å². The van der Waals surface area contributed by atoms with Gasteiger partial charge >= 0.3 is 0 Å². The molecule has 2 N–H and O–H groups in total. The van der Waals surface area contributed by atoms with Gasteiger partial charge in [-0.05, 0) is 0 Å². The molecule has 0 aliphatic carbocycles. The average molecular weight is 198 g/mol. The predicted molar refractivity (Wildman–Crippen MR) is 52.2 cm³/mol. The van der Waals surface area contributed by atoms with Crippen LogP contribution in [0.2, 0.25) is 0 Å². The Morgan fingerprint density at radius 3 is 2.29 bits per heavy atom. The minimum atomic E-state index is -0.390. The summed E-state index contributed by atoms with van der Waals surface area (Å²) in [6.07, 6.45) is 1.46. The molecule has 1 aliphatic rings. The molecule has 0 saturated carbocycles. The van der Waals surface area contributed by atoms with Crippen LogP contribution in [0, 0.1) is 6.42 Å². The van der Waals surface area contributed by atoms with Crippen molar-refractivity contribution in [3.63, 3.8) is 0 Å². The van der Waals surface area contributed by atoms with E-state index in [1.54, 1.807) is 11.8 Å². The number of carbonyl (C=O) groups is 2. The van der Waals surface area contributed by atoms with Gasteiger partial charge < -0.3 is 10.6 Å². The fourth-order valence-electron chi connectivity index (χ4n) is 1.46. The molecule has 0 aromatic rings. The first-order valence-electron chi connectivity index (χ1n) is 4.70. The maximum Gasteiger partial charge on any atom is 0.222 e. The number of amides is 2. The maximum atomic E-state index is 11.0. The van der Waals surface area contributed by atoms with E-state index in [2.05, 4.69) is 4.90 Å². The number of piperazine rings is 1. The standard InChI is InChI=1S/C9H16N3O2/c1-8(13)12-6-4-11(5-7-12)3-2-9(10)14/h2H,3-7H2,1H3,(H2,10,14). The Morgan fingerprint density at radius 1 is 1.29 bits per heavy atom. The van der Waals surface area contributed by atoms with Crippen LogP contribution >= 0.6 is 0 Å². The van der Waals surface area contributed by atoms with Crippen LogP contribution in [0.4, 0.5) is 0 Å². The smallest absolute Gasteiger partial charge is 0.222 e.